The maximum Gasteiger partial charge on any atom is 0.168 e. The molecule has 4 nitrogen and oxygen atoms in total. The third kappa shape index (κ3) is 1.85. The van der Waals surface area contributed by atoms with Gasteiger partial charge in [-0.05, 0) is 31.5 Å². The summed E-state index contributed by atoms with van der Waals surface area (Å²) >= 11 is 0. The van der Waals surface area contributed by atoms with Gasteiger partial charge in [-0.15, -0.1) is 10.2 Å². The molecule has 3 aromatic rings. The molecule has 0 aliphatic heterocycles. The number of hydrogen-bond donors (Lipinski definition) is 0. The van der Waals surface area contributed by atoms with Crippen molar-refractivity contribution in [1.82, 2.24) is 14.6 Å². The Kier molecular flexibility index (Phi) is 2.53. The van der Waals surface area contributed by atoms with E-state index in [1.807, 2.05) is 10.5 Å². The SMILES string of the molecule is Cc1ccc(-c2nnc3ccc(C#N)cn23)c(C)c1. The number of benzene rings is 1. The second-order valence-corrected chi connectivity index (χ2v) is 4.60. The molecule has 1 aromatic carbocycles. The minimum absolute atomic E-state index is 0.596. The minimum atomic E-state index is 0.596. The second-order valence-electron chi connectivity index (χ2n) is 4.60. The maximum atomic E-state index is 8.98. The zero-order valence-corrected chi connectivity index (χ0v) is 10.8. The fourth-order valence-corrected chi connectivity index (χ4v) is 2.21. The van der Waals surface area contributed by atoms with Crippen LogP contribution in [0.15, 0.2) is 36.5 Å². The van der Waals surface area contributed by atoms with Crippen molar-refractivity contribution in [2.24, 2.45) is 0 Å². The molecule has 4 heteroatoms. The molecule has 0 N–H and O–H groups in total. The van der Waals surface area contributed by atoms with Gasteiger partial charge in [0.1, 0.15) is 6.07 Å². The number of aryl methyl sites for hydroxylation is 2. The molecule has 0 fully saturated rings. The van der Waals surface area contributed by atoms with Crippen LogP contribution >= 0.6 is 0 Å². The highest BCUT2D eigenvalue weighted by atomic mass is 15.2. The Morgan fingerprint density at radius 1 is 1.11 bits per heavy atom. The van der Waals surface area contributed by atoms with Crippen LogP contribution in [0, 0.1) is 25.2 Å². The summed E-state index contributed by atoms with van der Waals surface area (Å²) in [7, 11) is 0. The Hall–Kier alpha value is -2.67. The van der Waals surface area contributed by atoms with Crippen LogP contribution in [0.2, 0.25) is 0 Å². The van der Waals surface area contributed by atoms with E-state index in [0.29, 0.717) is 5.56 Å². The van der Waals surface area contributed by atoms with Crippen LogP contribution in [0.3, 0.4) is 0 Å². The third-order valence-electron chi connectivity index (χ3n) is 3.15. The summed E-state index contributed by atoms with van der Waals surface area (Å²) in [6.07, 6.45) is 1.77. The van der Waals surface area contributed by atoms with Crippen molar-refractivity contribution in [2.45, 2.75) is 13.8 Å². The summed E-state index contributed by atoms with van der Waals surface area (Å²) in [5.41, 5.74) is 4.74. The molecule has 92 valence electrons. The van der Waals surface area contributed by atoms with E-state index in [0.717, 1.165) is 22.6 Å². The molecular weight excluding hydrogens is 236 g/mol. The number of aromatic nitrogens is 3. The number of nitriles is 1. The van der Waals surface area contributed by atoms with E-state index in [9.17, 15) is 0 Å². The molecule has 3 rings (SSSR count). The van der Waals surface area contributed by atoms with Crippen LogP contribution in [-0.2, 0) is 0 Å². The van der Waals surface area contributed by atoms with Gasteiger partial charge >= 0.3 is 0 Å². The summed E-state index contributed by atoms with van der Waals surface area (Å²) < 4.78 is 1.86. The highest BCUT2D eigenvalue weighted by Crippen LogP contribution is 2.23. The highest BCUT2D eigenvalue weighted by molar-refractivity contribution is 5.64. The fraction of sp³-hybridized carbons (Fsp3) is 0.133. The normalized spacial score (nSPS) is 10.6. The molecule has 0 saturated heterocycles. The van der Waals surface area contributed by atoms with E-state index in [2.05, 4.69) is 42.2 Å². The van der Waals surface area contributed by atoms with Crippen molar-refractivity contribution in [2.75, 3.05) is 0 Å². The predicted octanol–water partition coefficient (Wildman–Crippen LogP) is 2.88. The Morgan fingerprint density at radius 3 is 2.68 bits per heavy atom. The molecular formula is C15H12N4. The first-order chi connectivity index (χ1) is 9.19. The lowest BCUT2D eigenvalue weighted by molar-refractivity contribution is 1.10. The zero-order chi connectivity index (χ0) is 13.4. The number of rotatable bonds is 1. The first kappa shape index (κ1) is 11.4. The van der Waals surface area contributed by atoms with Gasteiger partial charge in [-0.1, -0.05) is 23.8 Å². The third-order valence-corrected chi connectivity index (χ3v) is 3.15. The van der Waals surface area contributed by atoms with E-state index in [1.165, 1.54) is 5.56 Å². The standard InChI is InChI=1S/C15H12N4/c1-10-3-5-13(11(2)7-10)15-18-17-14-6-4-12(8-16)9-19(14)15/h3-7,9H,1-2H3. The molecule has 2 heterocycles. The van der Waals surface area contributed by atoms with Crippen LogP contribution in [0.5, 0.6) is 0 Å². The summed E-state index contributed by atoms with van der Waals surface area (Å²) in [6.45, 7) is 4.12. The average Bonchev–Trinajstić information content (AvgIpc) is 2.81. The van der Waals surface area contributed by atoms with Gasteiger partial charge in [0.05, 0.1) is 5.56 Å². The lowest BCUT2D eigenvalue weighted by Gasteiger charge is -2.05. The van der Waals surface area contributed by atoms with E-state index in [-0.39, 0.29) is 0 Å². The van der Waals surface area contributed by atoms with Crippen LogP contribution in [0.25, 0.3) is 17.0 Å². The summed E-state index contributed by atoms with van der Waals surface area (Å²) in [5.74, 6) is 0.768. The quantitative estimate of drug-likeness (QED) is 0.665. The minimum Gasteiger partial charge on any atom is -0.281 e. The average molecular weight is 248 g/mol. The van der Waals surface area contributed by atoms with Gasteiger partial charge in [0.25, 0.3) is 0 Å². The summed E-state index contributed by atoms with van der Waals surface area (Å²) in [6, 6.07) is 11.9. The Labute approximate surface area is 111 Å². The van der Waals surface area contributed by atoms with Gasteiger partial charge in [0, 0.05) is 11.8 Å². The second kappa shape index (κ2) is 4.21. The first-order valence-electron chi connectivity index (χ1n) is 6.01. The Morgan fingerprint density at radius 2 is 1.95 bits per heavy atom. The Bertz CT molecular complexity index is 809. The van der Waals surface area contributed by atoms with Crippen LogP contribution in [-0.4, -0.2) is 14.6 Å². The molecule has 0 spiro atoms. The van der Waals surface area contributed by atoms with E-state index in [1.54, 1.807) is 18.3 Å². The van der Waals surface area contributed by atoms with Gasteiger partial charge in [-0.3, -0.25) is 4.40 Å². The monoisotopic (exact) mass is 248 g/mol. The van der Waals surface area contributed by atoms with Crippen molar-refractivity contribution in [1.29, 1.82) is 5.26 Å². The number of nitrogens with zero attached hydrogens (tertiary/aromatic N) is 4. The molecule has 0 aliphatic carbocycles. The highest BCUT2D eigenvalue weighted by Gasteiger charge is 2.10. The van der Waals surface area contributed by atoms with E-state index in [4.69, 9.17) is 5.26 Å². The molecule has 0 amide bonds. The topological polar surface area (TPSA) is 54.0 Å². The van der Waals surface area contributed by atoms with Gasteiger partial charge in [0.15, 0.2) is 11.5 Å². The zero-order valence-electron chi connectivity index (χ0n) is 10.8. The van der Waals surface area contributed by atoms with Crippen molar-refractivity contribution < 1.29 is 0 Å². The molecule has 0 aliphatic rings. The van der Waals surface area contributed by atoms with Crippen molar-refractivity contribution in [3.05, 3.63) is 53.2 Å². The van der Waals surface area contributed by atoms with E-state index >= 15 is 0 Å². The molecule has 0 bridgehead atoms. The van der Waals surface area contributed by atoms with Crippen LogP contribution in [0.4, 0.5) is 0 Å². The number of fused-ring (bicyclic) bond motifs is 1. The van der Waals surface area contributed by atoms with Gasteiger partial charge < -0.3 is 0 Å². The van der Waals surface area contributed by atoms with Crippen LogP contribution in [0.1, 0.15) is 16.7 Å². The number of pyridine rings is 1. The molecule has 0 saturated carbocycles. The van der Waals surface area contributed by atoms with E-state index < -0.39 is 0 Å². The lowest BCUT2D eigenvalue weighted by Crippen LogP contribution is -1.93. The Balaban J connectivity index is 2.28. The number of hydrogen-bond acceptors (Lipinski definition) is 3. The first-order valence-corrected chi connectivity index (χ1v) is 6.01. The maximum absolute atomic E-state index is 8.98. The molecule has 2 aromatic heterocycles. The summed E-state index contributed by atoms with van der Waals surface area (Å²) in [4.78, 5) is 0. The van der Waals surface area contributed by atoms with Crippen LogP contribution < -0.4 is 0 Å². The molecule has 0 radical (unpaired) electrons. The van der Waals surface area contributed by atoms with Gasteiger partial charge in [-0.25, -0.2) is 0 Å². The molecule has 19 heavy (non-hydrogen) atoms. The lowest BCUT2D eigenvalue weighted by atomic mass is 10.1. The predicted molar refractivity (Wildman–Crippen MR) is 72.6 cm³/mol. The molecule has 0 atom stereocenters. The van der Waals surface area contributed by atoms with Gasteiger partial charge in [-0.2, -0.15) is 5.26 Å². The largest absolute Gasteiger partial charge is 0.281 e. The van der Waals surface area contributed by atoms with Crippen molar-refractivity contribution >= 4 is 5.65 Å². The van der Waals surface area contributed by atoms with Gasteiger partial charge in [0.2, 0.25) is 0 Å². The molecule has 0 unspecified atom stereocenters. The fourth-order valence-electron chi connectivity index (χ4n) is 2.21. The summed E-state index contributed by atoms with van der Waals surface area (Å²) in [5, 5.41) is 17.4. The smallest absolute Gasteiger partial charge is 0.168 e. The van der Waals surface area contributed by atoms with Crippen molar-refractivity contribution in [3.63, 3.8) is 0 Å². The van der Waals surface area contributed by atoms with Crippen molar-refractivity contribution in [3.8, 4) is 17.5 Å².